The van der Waals surface area contributed by atoms with Crippen LogP contribution in [0.25, 0.3) is 0 Å². The van der Waals surface area contributed by atoms with Gasteiger partial charge in [0.05, 0.1) is 5.69 Å². The van der Waals surface area contributed by atoms with E-state index in [1.54, 1.807) is 18.3 Å². The van der Waals surface area contributed by atoms with Gasteiger partial charge in [-0.1, -0.05) is 0 Å². The molecule has 1 rings (SSSR count). The molecule has 82 valence electrons. The molecule has 5 heteroatoms. The lowest BCUT2D eigenvalue weighted by Crippen LogP contribution is -2.45. The number of halogens is 1. The summed E-state index contributed by atoms with van der Waals surface area (Å²) in [7, 11) is 0. The topological polar surface area (TPSA) is 53.4 Å². The van der Waals surface area contributed by atoms with Gasteiger partial charge in [0.1, 0.15) is 4.60 Å². The quantitative estimate of drug-likeness (QED) is 0.800. The maximum absolute atomic E-state index is 11.1. The average Bonchev–Trinajstić information content (AvgIpc) is 1.99. The number of hydrogen-bond acceptors (Lipinski definition) is 2. The zero-order chi connectivity index (χ0) is 11.6. The maximum Gasteiger partial charge on any atom is 0.412 e. The molecule has 0 unspecified atom stereocenters. The highest BCUT2D eigenvalue weighted by Crippen LogP contribution is 2.25. The molecule has 1 aromatic rings. The Morgan fingerprint density at radius 3 is 2.53 bits per heavy atom. The number of anilines is 1. The van der Waals surface area contributed by atoms with Crippen molar-refractivity contribution in [1.29, 1.82) is 0 Å². The predicted octanol–water partition coefficient (Wildman–Crippen LogP) is 3.13. The minimum atomic E-state index is -0.972. The first-order valence-corrected chi connectivity index (χ1v) is 5.26. The highest BCUT2D eigenvalue weighted by Gasteiger charge is 2.27. The molecule has 0 fully saturated rings. The molecule has 0 aromatic carbocycles. The maximum atomic E-state index is 11.1. The molecule has 0 aliphatic rings. The fraction of sp³-hybridized carbons (Fsp3) is 0.400. The Morgan fingerprint density at radius 2 is 2.13 bits per heavy atom. The molecule has 0 radical (unpaired) electrons. The molecule has 0 saturated heterocycles. The summed E-state index contributed by atoms with van der Waals surface area (Å²) in [6.07, 6.45) is 0.599. The lowest BCUT2D eigenvalue weighted by atomic mass is 10.1. The summed E-state index contributed by atoms with van der Waals surface area (Å²) in [4.78, 5) is 16.4. The second kappa shape index (κ2) is 4.18. The molecule has 1 heterocycles. The molecular formula is C10H13BrN2O2. The minimum Gasteiger partial charge on any atom is -0.465 e. The molecule has 1 amide bonds. The van der Waals surface area contributed by atoms with Gasteiger partial charge in [0.2, 0.25) is 0 Å². The lowest BCUT2D eigenvalue weighted by Gasteiger charge is -2.33. The van der Waals surface area contributed by atoms with Gasteiger partial charge in [0.15, 0.2) is 0 Å². The Labute approximate surface area is 97.1 Å². The first-order valence-electron chi connectivity index (χ1n) is 4.47. The van der Waals surface area contributed by atoms with Crippen molar-refractivity contribution in [2.75, 3.05) is 4.90 Å². The Balaban J connectivity index is 3.16. The average molecular weight is 273 g/mol. The molecule has 0 aliphatic heterocycles. The van der Waals surface area contributed by atoms with E-state index in [1.807, 2.05) is 20.8 Å². The summed E-state index contributed by atoms with van der Waals surface area (Å²) in [5.41, 5.74) is 0.129. The number of pyridine rings is 1. The Hall–Kier alpha value is -1.10. The monoisotopic (exact) mass is 272 g/mol. The standard InChI is InChI=1S/C10H13BrN2O2/c1-10(2,3)13(9(14)15)7-4-5-12-8(11)6-7/h4-6H,1-3H3,(H,14,15). The Morgan fingerprint density at radius 1 is 1.53 bits per heavy atom. The Bertz CT molecular complexity index is 374. The van der Waals surface area contributed by atoms with Crippen LogP contribution in [-0.2, 0) is 0 Å². The van der Waals surface area contributed by atoms with Crippen molar-refractivity contribution in [3.8, 4) is 0 Å². The SMILES string of the molecule is CC(C)(C)N(C(=O)O)c1ccnc(Br)c1. The molecule has 15 heavy (non-hydrogen) atoms. The van der Waals surface area contributed by atoms with E-state index >= 15 is 0 Å². The first-order chi connectivity index (χ1) is 6.82. The van der Waals surface area contributed by atoms with E-state index in [1.165, 1.54) is 4.90 Å². The van der Waals surface area contributed by atoms with Crippen molar-refractivity contribution in [3.05, 3.63) is 22.9 Å². The van der Waals surface area contributed by atoms with Crippen molar-refractivity contribution in [3.63, 3.8) is 0 Å². The van der Waals surface area contributed by atoms with Crippen LogP contribution in [0.4, 0.5) is 10.5 Å². The van der Waals surface area contributed by atoms with Gasteiger partial charge >= 0.3 is 6.09 Å². The highest BCUT2D eigenvalue weighted by molar-refractivity contribution is 9.10. The second-order valence-corrected chi connectivity index (χ2v) is 4.94. The van der Waals surface area contributed by atoms with Gasteiger partial charge in [-0.2, -0.15) is 0 Å². The van der Waals surface area contributed by atoms with Gasteiger partial charge in [0, 0.05) is 11.7 Å². The van der Waals surface area contributed by atoms with Crippen LogP contribution in [0.15, 0.2) is 22.9 Å². The van der Waals surface area contributed by atoms with Crippen molar-refractivity contribution < 1.29 is 9.90 Å². The lowest BCUT2D eigenvalue weighted by molar-refractivity contribution is 0.195. The molecule has 0 atom stereocenters. The zero-order valence-electron chi connectivity index (χ0n) is 8.86. The van der Waals surface area contributed by atoms with Crippen LogP contribution < -0.4 is 4.90 Å². The summed E-state index contributed by atoms with van der Waals surface area (Å²) in [6, 6.07) is 3.35. The fourth-order valence-corrected chi connectivity index (χ4v) is 1.67. The zero-order valence-corrected chi connectivity index (χ0v) is 10.4. The summed E-state index contributed by atoms with van der Waals surface area (Å²) in [5.74, 6) is 0. The molecule has 0 bridgehead atoms. The van der Waals surface area contributed by atoms with E-state index < -0.39 is 11.6 Å². The molecule has 0 aliphatic carbocycles. The molecule has 1 N–H and O–H groups in total. The van der Waals surface area contributed by atoms with Crippen LogP contribution in [0.2, 0.25) is 0 Å². The summed E-state index contributed by atoms with van der Waals surface area (Å²) >= 11 is 3.22. The van der Waals surface area contributed by atoms with Gasteiger partial charge in [-0.05, 0) is 48.8 Å². The minimum absolute atomic E-state index is 0.480. The van der Waals surface area contributed by atoms with E-state index in [0.29, 0.717) is 10.3 Å². The van der Waals surface area contributed by atoms with Gasteiger partial charge in [0.25, 0.3) is 0 Å². The van der Waals surface area contributed by atoms with E-state index in [9.17, 15) is 4.79 Å². The molecule has 0 saturated carbocycles. The summed E-state index contributed by atoms with van der Waals surface area (Å²) < 4.78 is 0.621. The van der Waals surface area contributed by atoms with E-state index in [4.69, 9.17) is 5.11 Å². The van der Waals surface area contributed by atoms with Crippen molar-refractivity contribution in [2.45, 2.75) is 26.3 Å². The van der Waals surface area contributed by atoms with Crippen molar-refractivity contribution >= 4 is 27.7 Å². The van der Waals surface area contributed by atoms with Crippen LogP contribution in [0, 0.1) is 0 Å². The van der Waals surface area contributed by atoms with E-state index in [2.05, 4.69) is 20.9 Å². The van der Waals surface area contributed by atoms with Crippen LogP contribution in [0.5, 0.6) is 0 Å². The smallest absolute Gasteiger partial charge is 0.412 e. The van der Waals surface area contributed by atoms with Crippen LogP contribution in [-0.4, -0.2) is 21.7 Å². The second-order valence-electron chi connectivity index (χ2n) is 4.13. The number of carboxylic acid groups (broad SMARTS) is 1. The summed E-state index contributed by atoms with van der Waals surface area (Å²) in [5, 5.41) is 9.14. The molecule has 1 aromatic heterocycles. The number of nitrogens with zero attached hydrogens (tertiary/aromatic N) is 2. The predicted molar refractivity (Wildman–Crippen MR) is 62.2 cm³/mol. The van der Waals surface area contributed by atoms with Gasteiger partial charge in [-0.3, -0.25) is 4.90 Å². The normalized spacial score (nSPS) is 11.2. The Kier molecular flexibility index (Phi) is 3.34. The number of hydrogen-bond donors (Lipinski definition) is 1. The van der Waals surface area contributed by atoms with Gasteiger partial charge in [-0.25, -0.2) is 9.78 Å². The third-order valence-corrected chi connectivity index (χ3v) is 2.26. The molecule has 4 nitrogen and oxygen atoms in total. The molecule has 0 spiro atoms. The van der Waals surface area contributed by atoms with Gasteiger partial charge in [-0.15, -0.1) is 0 Å². The van der Waals surface area contributed by atoms with E-state index in [-0.39, 0.29) is 0 Å². The van der Waals surface area contributed by atoms with Crippen LogP contribution in [0.1, 0.15) is 20.8 Å². The van der Waals surface area contributed by atoms with Crippen molar-refractivity contribution in [1.82, 2.24) is 4.98 Å². The van der Waals surface area contributed by atoms with Crippen LogP contribution in [0.3, 0.4) is 0 Å². The number of rotatable bonds is 1. The summed E-state index contributed by atoms with van der Waals surface area (Å²) in [6.45, 7) is 5.53. The fourth-order valence-electron chi connectivity index (χ4n) is 1.32. The van der Waals surface area contributed by atoms with Crippen molar-refractivity contribution in [2.24, 2.45) is 0 Å². The first kappa shape index (κ1) is 12.0. The van der Waals surface area contributed by atoms with Gasteiger partial charge < -0.3 is 5.11 Å². The highest BCUT2D eigenvalue weighted by atomic mass is 79.9. The third-order valence-electron chi connectivity index (χ3n) is 1.83. The number of amides is 1. The number of carbonyl (C=O) groups is 1. The van der Waals surface area contributed by atoms with E-state index in [0.717, 1.165) is 0 Å². The third kappa shape index (κ3) is 2.92. The number of aromatic nitrogens is 1. The molecular weight excluding hydrogens is 260 g/mol. The largest absolute Gasteiger partial charge is 0.465 e. The van der Waals surface area contributed by atoms with Crippen LogP contribution >= 0.6 is 15.9 Å².